The molecular weight excluding hydrogens is 276 g/mol. The Kier molecular flexibility index (Phi) is 4.47. The Morgan fingerprint density at radius 3 is 2.60 bits per heavy atom. The van der Waals surface area contributed by atoms with Gasteiger partial charge in [-0.15, -0.1) is 16.9 Å². The molecule has 1 saturated heterocycles. The van der Waals surface area contributed by atoms with Crippen LogP contribution < -0.4 is 0 Å². The van der Waals surface area contributed by atoms with Gasteiger partial charge in [0.2, 0.25) is 11.8 Å². The number of thioether (sulfide) groups is 1. The fourth-order valence-electron chi connectivity index (χ4n) is 2.05. The Hall–Kier alpha value is -1.37. The number of amides is 2. The van der Waals surface area contributed by atoms with Crippen LogP contribution in [0.4, 0.5) is 0 Å². The molecule has 1 aromatic heterocycles. The molecule has 2 rings (SSSR count). The number of carbonyl (C=O) groups is 2. The van der Waals surface area contributed by atoms with Gasteiger partial charge in [0.1, 0.15) is 5.69 Å². The molecule has 1 aliphatic heterocycles. The maximum absolute atomic E-state index is 12.2. The topological polar surface area (TPSA) is 68.1 Å². The molecule has 0 saturated carbocycles. The van der Waals surface area contributed by atoms with E-state index in [1.807, 2.05) is 27.7 Å². The normalized spacial score (nSPS) is 19.7. The molecule has 0 bridgehead atoms. The van der Waals surface area contributed by atoms with E-state index in [9.17, 15) is 9.59 Å². The summed E-state index contributed by atoms with van der Waals surface area (Å²) in [7, 11) is 0. The van der Waals surface area contributed by atoms with E-state index in [0.29, 0.717) is 17.4 Å². The first kappa shape index (κ1) is 15.0. The molecule has 20 heavy (non-hydrogen) atoms. The van der Waals surface area contributed by atoms with Gasteiger partial charge in [-0.25, -0.2) is 4.68 Å². The Morgan fingerprint density at radius 2 is 2.05 bits per heavy atom. The van der Waals surface area contributed by atoms with E-state index in [0.717, 1.165) is 0 Å². The van der Waals surface area contributed by atoms with Crippen LogP contribution in [0.2, 0.25) is 0 Å². The smallest absolute Gasteiger partial charge is 0.243 e. The third kappa shape index (κ3) is 3.20. The highest BCUT2D eigenvalue weighted by atomic mass is 32.2. The molecule has 0 spiro atoms. The van der Waals surface area contributed by atoms with Crippen LogP contribution in [0.3, 0.4) is 0 Å². The first-order valence-corrected chi connectivity index (χ1v) is 7.73. The molecule has 1 atom stereocenters. The van der Waals surface area contributed by atoms with Gasteiger partial charge < -0.3 is 0 Å². The van der Waals surface area contributed by atoms with Crippen molar-refractivity contribution in [3.05, 3.63) is 11.9 Å². The zero-order chi connectivity index (χ0) is 14.9. The number of hydrogen-bond acceptors (Lipinski definition) is 5. The number of likely N-dealkylation sites (tertiary alicyclic amines) is 1. The van der Waals surface area contributed by atoms with Crippen LogP contribution >= 0.6 is 11.8 Å². The van der Waals surface area contributed by atoms with Crippen molar-refractivity contribution in [3.63, 3.8) is 0 Å². The van der Waals surface area contributed by atoms with Crippen molar-refractivity contribution < 1.29 is 9.59 Å². The predicted octanol–water partition coefficient (Wildman–Crippen LogP) is 1.63. The van der Waals surface area contributed by atoms with Gasteiger partial charge in [0, 0.05) is 12.5 Å². The monoisotopic (exact) mass is 296 g/mol. The Balaban J connectivity index is 2.05. The van der Waals surface area contributed by atoms with E-state index < -0.39 is 0 Å². The molecule has 1 unspecified atom stereocenters. The fourth-order valence-corrected chi connectivity index (χ4v) is 3.19. The fraction of sp³-hybridized carbons (Fsp3) is 0.692. The molecule has 1 fully saturated rings. The quantitative estimate of drug-likeness (QED) is 0.772. The molecule has 2 amide bonds. The summed E-state index contributed by atoms with van der Waals surface area (Å²) in [5.74, 6) is -0.222. The van der Waals surface area contributed by atoms with Crippen LogP contribution in [0.15, 0.2) is 6.20 Å². The lowest BCUT2D eigenvalue weighted by Crippen LogP contribution is -2.31. The molecule has 0 aliphatic carbocycles. The second-order valence-corrected chi connectivity index (χ2v) is 7.26. The number of aromatic nitrogens is 3. The molecule has 0 radical (unpaired) electrons. The number of rotatable bonds is 5. The summed E-state index contributed by atoms with van der Waals surface area (Å²) in [5, 5.41) is 8.09. The van der Waals surface area contributed by atoms with Crippen molar-refractivity contribution in [3.8, 4) is 0 Å². The summed E-state index contributed by atoms with van der Waals surface area (Å²) in [6, 6.07) is 0.213. The summed E-state index contributed by atoms with van der Waals surface area (Å²) in [4.78, 5) is 25.5. The minimum absolute atomic E-state index is 0.104. The van der Waals surface area contributed by atoms with Crippen LogP contribution in [0.5, 0.6) is 0 Å². The van der Waals surface area contributed by atoms with Gasteiger partial charge in [-0.2, -0.15) is 0 Å². The number of nitrogens with zero attached hydrogens (tertiary/aromatic N) is 4. The summed E-state index contributed by atoms with van der Waals surface area (Å²) >= 11 is 1.55. The van der Waals surface area contributed by atoms with Crippen LogP contribution in [-0.4, -0.2) is 42.2 Å². The van der Waals surface area contributed by atoms with Crippen molar-refractivity contribution >= 4 is 23.6 Å². The van der Waals surface area contributed by atoms with E-state index in [1.54, 1.807) is 22.6 Å². The third-order valence-electron chi connectivity index (χ3n) is 3.05. The van der Waals surface area contributed by atoms with E-state index in [1.165, 1.54) is 4.90 Å². The Labute approximate surface area is 122 Å². The standard InChI is InChI=1S/C13H20N4O2S/c1-8(2)17-7-10(14-15-17)6-16-12(18)5-11(13(16)19)20-9(3)4/h7-9,11H,5-6H2,1-4H3. The van der Waals surface area contributed by atoms with Crippen molar-refractivity contribution in [2.75, 3.05) is 0 Å². The highest BCUT2D eigenvalue weighted by Gasteiger charge is 2.39. The number of imide groups is 1. The third-order valence-corrected chi connectivity index (χ3v) is 4.29. The zero-order valence-corrected chi connectivity index (χ0v) is 13.1. The van der Waals surface area contributed by atoms with Gasteiger partial charge in [0.05, 0.1) is 18.0 Å². The van der Waals surface area contributed by atoms with Gasteiger partial charge in [0.25, 0.3) is 0 Å². The van der Waals surface area contributed by atoms with Gasteiger partial charge >= 0.3 is 0 Å². The van der Waals surface area contributed by atoms with Gasteiger partial charge in [-0.3, -0.25) is 14.5 Å². The molecule has 1 aromatic rings. The van der Waals surface area contributed by atoms with Gasteiger partial charge in [-0.05, 0) is 19.1 Å². The molecule has 1 aliphatic rings. The van der Waals surface area contributed by atoms with Crippen molar-refractivity contribution in [1.82, 2.24) is 19.9 Å². The van der Waals surface area contributed by atoms with E-state index >= 15 is 0 Å². The lowest BCUT2D eigenvalue weighted by molar-refractivity contribution is -0.139. The van der Waals surface area contributed by atoms with Gasteiger partial charge in [0.15, 0.2) is 0 Å². The van der Waals surface area contributed by atoms with Crippen molar-refractivity contribution in [2.24, 2.45) is 0 Å². The Bertz CT molecular complexity index is 512. The number of carbonyl (C=O) groups excluding carboxylic acids is 2. The van der Waals surface area contributed by atoms with E-state index in [-0.39, 0.29) is 29.7 Å². The first-order valence-electron chi connectivity index (χ1n) is 6.79. The summed E-state index contributed by atoms with van der Waals surface area (Å²) in [6.45, 7) is 8.28. The summed E-state index contributed by atoms with van der Waals surface area (Å²) < 4.78 is 1.72. The maximum Gasteiger partial charge on any atom is 0.243 e. The van der Waals surface area contributed by atoms with Crippen LogP contribution in [-0.2, 0) is 16.1 Å². The summed E-state index contributed by atoms with van der Waals surface area (Å²) in [5.41, 5.74) is 0.649. The summed E-state index contributed by atoms with van der Waals surface area (Å²) in [6.07, 6.45) is 2.08. The minimum Gasteiger partial charge on any atom is -0.275 e. The average Bonchev–Trinajstić information content (AvgIpc) is 2.90. The van der Waals surface area contributed by atoms with Crippen LogP contribution in [0.25, 0.3) is 0 Å². The lowest BCUT2D eigenvalue weighted by atomic mass is 10.3. The van der Waals surface area contributed by atoms with Crippen molar-refractivity contribution in [1.29, 1.82) is 0 Å². The maximum atomic E-state index is 12.2. The van der Waals surface area contributed by atoms with Crippen LogP contribution in [0, 0.1) is 0 Å². The molecule has 7 heteroatoms. The molecule has 110 valence electrons. The highest BCUT2D eigenvalue weighted by molar-refractivity contribution is 8.01. The first-order chi connectivity index (χ1) is 9.38. The molecule has 0 N–H and O–H groups in total. The Morgan fingerprint density at radius 1 is 1.35 bits per heavy atom. The molecule has 6 nitrogen and oxygen atoms in total. The van der Waals surface area contributed by atoms with Crippen molar-refractivity contribution in [2.45, 2.75) is 57.2 Å². The number of hydrogen-bond donors (Lipinski definition) is 0. The zero-order valence-electron chi connectivity index (χ0n) is 12.2. The van der Waals surface area contributed by atoms with E-state index in [2.05, 4.69) is 10.3 Å². The second kappa shape index (κ2) is 5.95. The second-order valence-electron chi connectivity index (χ2n) is 5.48. The molecule has 0 aromatic carbocycles. The minimum atomic E-state index is -0.248. The predicted molar refractivity (Wildman–Crippen MR) is 77.1 cm³/mol. The van der Waals surface area contributed by atoms with E-state index in [4.69, 9.17) is 0 Å². The highest BCUT2D eigenvalue weighted by Crippen LogP contribution is 2.28. The lowest BCUT2D eigenvalue weighted by Gasteiger charge is -2.14. The molecular formula is C13H20N4O2S. The molecule has 2 heterocycles. The van der Waals surface area contributed by atoms with Crippen LogP contribution in [0.1, 0.15) is 45.9 Å². The SMILES string of the molecule is CC(C)SC1CC(=O)N(Cc2cn(C(C)C)nn2)C1=O. The van der Waals surface area contributed by atoms with Gasteiger partial charge in [-0.1, -0.05) is 19.1 Å². The average molecular weight is 296 g/mol. The largest absolute Gasteiger partial charge is 0.275 e.